The van der Waals surface area contributed by atoms with Crippen LogP contribution in [0.5, 0.6) is 0 Å². The highest BCUT2D eigenvalue weighted by Crippen LogP contribution is 2.28. The van der Waals surface area contributed by atoms with Crippen LogP contribution < -0.4 is 5.73 Å². The van der Waals surface area contributed by atoms with E-state index in [1.807, 2.05) is 6.07 Å². The second-order valence-corrected chi connectivity index (χ2v) is 6.09. The van der Waals surface area contributed by atoms with Crippen molar-refractivity contribution in [2.24, 2.45) is 5.73 Å². The maximum atomic E-state index is 13.3. The van der Waals surface area contributed by atoms with E-state index in [0.717, 1.165) is 16.2 Å². The van der Waals surface area contributed by atoms with Gasteiger partial charge in [0.1, 0.15) is 5.82 Å². The lowest BCUT2D eigenvalue weighted by molar-refractivity contribution is 0.623. The summed E-state index contributed by atoms with van der Waals surface area (Å²) in [5, 5.41) is 0. The summed E-state index contributed by atoms with van der Waals surface area (Å²) in [6.45, 7) is 4.76. The maximum Gasteiger partial charge on any atom is 0.123 e. The van der Waals surface area contributed by atoms with Crippen molar-refractivity contribution in [3.63, 3.8) is 0 Å². The van der Waals surface area contributed by atoms with Gasteiger partial charge in [-0.15, -0.1) is 11.8 Å². The largest absolute Gasteiger partial charge is 0.330 e. The molecule has 0 amide bonds. The fourth-order valence-corrected chi connectivity index (χ4v) is 3.35. The van der Waals surface area contributed by atoms with Gasteiger partial charge < -0.3 is 5.73 Å². The molecule has 3 heteroatoms. The van der Waals surface area contributed by atoms with E-state index in [-0.39, 0.29) is 5.82 Å². The molecule has 20 heavy (non-hydrogen) atoms. The van der Waals surface area contributed by atoms with Gasteiger partial charge in [-0.25, -0.2) is 4.39 Å². The van der Waals surface area contributed by atoms with Crippen LogP contribution in [0.3, 0.4) is 0 Å². The molecule has 1 nitrogen and oxygen atoms in total. The van der Waals surface area contributed by atoms with Crippen LogP contribution in [0.25, 0.3) is 0 Å². The van der Waals surface area contributed by atoms with Gasteiger partial charge >= 0.3 is 0 Å². The number of halogens is 1. The summed E-state index contributed by atoms with van der Waals surface area (Å²) >= 11 is 1.74. The summed E-state index contributed by atoms with van der Waals surface area (Å²) in [6, 6.07) is 11.5. The second kappa shape index (κ2) is 6.91. The predicted molar refractivity (Wildman–Crippen MR) is 84.6 cm³/mol. The molecule has 0 radical (unpaired) electrons. The van der Waals surface area contributed by atoms with Gasteiger partial charge in [-0.05, 0) is 56.1 Å². The molecule has 2 aromatic carbocycles. The van der Waals surface area contributed by atoms with Crippen LogP contribution in [0.1, 0.15) is 22.3 Å². The molecule has 2 aromatic rings. The van der Waals surface area contributed by atoms with E-state index in [4.69, 9.17) is 5.73 Å². The zero-order chi connectivity index (χ0) is 14.5. The summed E-state index contributed by atoms with van der Waals surface area (Å²) in [4.78, 5) is 1.12. The SMILES string of the molecule is Cc1cc(C)cc(CSc2ccc(F)cc2CCN)c1. The minimum atomic E-state index is -0.191. The van der Waals surface area contributed by atoms with E-state index >= 15 is 0 Å². The fourth-order valence-electron chi connectivity index (χ4n) is 2.35. The van der Waals surface area contributed by atoms with Crippen molar-refractivity contribution in [3.8, 4) is 0 Å². The van der Waals surface area contributed by atoms with Crippen molar-refractivity contribution in [2.45, 2.75) is 30.9 Å². The van der Waals surface area contributed by atoms with Crippen LogP contribution >= 0.6 is 11.8 Å². The van der Waals surface area contributed by atoms with Crippen molar-refractivity contribution >= 4 is 11.8 Å². The summed E-state index contributed by atoms with van der Waals surface area (Å²) < 4.78 is 13.3. The van der Waals surface area contributed by atoms with E-state index in [1.165, 1.54) is 22.8 Å². The minimum Gasteiger partial charge on any atom is -0.330 e. The van der Waals surface area contributed by atoms with E-state index in [0.29, 0.717) is 13.0 Å². The molecule has 0 aliphatic rings. The van der Waals surface area contributed by atoms with Crippen LogP contribution in [0, 0.1) is 19.7 Å². The number of aryl methyl sites for hydroxylation is 2. The number of hydrogen-bond acceptors (Lipinski definition) is 2. The molecule has 2 rings (SSSR count). The third kappa shape index (κ3) is 4.09. The van der Waals surface area contributed by atoms with Crippen LogP contribution in [-0.2, 0) is 12.2 Å². The van der Waals surface area contributed by atoms with Gasteiger partial charge in [0.15, 0.2) is 0 Å². The van der Waals surface area contributed by atoms with Crippen molar-refractivity contribution < 1.29 is 4.39 Å². The normalized spacial score (nSPS) is 10.8. The lowest BCUT2D eigenvalue weighted by Gasteiger charge is -2.10. The van der Waals surface area contributed by atoms with Crippen LogP contribution in [0.4, 0.5) is 4.39 Å². The second-order valence-electron chi connectivity index (χ2n) is 5.08. The molecule has 0 bridgehead atoms. The first-order valence-corrected chi connectivity index (χ1v) is 7.75. The molecule has 0 saturated heterocycles. The van der Waals surface area contributed by atoms with Crippen LogP contribution in [0.2, 0.25) is 0 Å². The molecule has 0 atom stereocenters. The van der Waals surface area contributed by atoms with E-state index in [1.54, 1.807) is 17.8 Å². The molecule has 106 valence electrons. The Labute approximate surface area is 124 Å². The fraction of sp³-hybridized carbons (Fsp3) is 0.294. The van der Waals surface area contributed by atoms with Gasteiger partial charge in [0, 0.05) is 10.6 Å². The average Bonchev–Trinajstić information content (AvgIpc) is 2.37. The first kappa shape index (κ1) is 15.1. The van der Waals surface area contributed by atoms with Gasteiger partial charge in [-0.3, -0.25) is 0 Å². The Kier molecular flexibility index (Phi) is 5.21. The van der Waals surface area contributed by atoms with Crippen molar-refractivity contribution in [1.82, 2.24) is 0 Å². The van der Waals surface area contributed by atoms with Crippen molar-refractivity contribution in [1.29, 1.82) is 0 Å². The Balaban J connectivity index is 2.13. The monoisotopic (exact) mass is 289 g/mol. The smallest absolute Gasteiger partial charge is 0.123 e. The number of rotatable bonds is 5. The molecule has 2 N–H and O–H groups in total. The molecule has 0 fully saturated rings. The summed E-state index contributed by atoms with van der Waals surface area (Å²) in [5.74, 6) is 0.704. The Morgan fingerprint density at radius 2 is 1.75 bits per heavy atom. The molecule has 0 aliphatic carbocycles. The highest BCUT2D eigenvalue weighted by molar-refractivity contribution is 7.98. The Hall–Kier alpha value is -1.32. The highest BCUT2D eigenvalue weighted by Gasteiger charge is 2.05. The van der Waals surface area contributed by atoms with Gasteiger partial charge in [-0.1, -0.05) is 29.3 Å². The van der Waals surface area contributed by atoms with E-state index in [2.05, 4.69) is 32.0 Å². The van der Waals surface area contributed by atoms with Gasteiger partial charge in [0.2, 0.25) is 0 Å². The molecule has 0 saturated carbocycles. The third-order valence-corrected chi connectivity index (χ3v) is 4.30. The number of thioether (sulfide) groups is 1. The summed E-state index contributed by atoms with van der Waals surface area (Å²) in [6.07, 6.45) is 0.715. The van der Waals surface area contributed by atoms with Crippen LogP contribution in [0.15, 0.2) is 41.3 Å². The zero-order valence-electron chi connectivity index (χ0n) is 11.9. The highest BCUT2D eigenvalue weighted by atomic mass is 32.2. The van der Waals surface area contributed by atoms with Gasteiger partial charge in [-0.2, -0.15) is 0 Å². The standard InChI is InChI=1S/C17H20FNS/c1-12-7-13(2)9-14(8-12)11-20-17-4-3-16(18)10-15(17)5-6-19/h3-4,7-10H,5-6,11,19H2,1-2H3. The minimum absolute atomic E-state index is 0.191. The topological polar surface area (TPSA) is 26.0 Å². The summed E-state index contributed by atoms with van der Waals surface area (Å²) in [7, 11) is 0. The van der Waals surface area contributed by atoms with Gasteiger partial charge in [0.05, 0.1) is 0 Å². The molecular weight excluding hydrogens is 269 g/mol. The zero-order valence-corrected chi connectivity index (χ0v) is 12.8. The van der Waals surface area contributed by atoms with Crippen LogP contribution in [-0.4, -0.2) is 6.54 Å². The Bertz CT molecular complexity index is 575. The number of benzene rings is 2. The lowest BCUT2D eigenvalue weighted by Crippen LogP contribution is -2.04. The summed E-state index contributed by atoms with van der Waals surface area (Å²) in [5.41, 5.74) is 10.5. The maximum absolute atomic E-state index is 13.3. The average molecular weight is 289 g/mol. The van der Waals surface area contributed by atoms with Crippen molar-refractivity contribution in [3.05, 3.63) is 64.5 Å². The van der Waals surface area contributed by atoms with Gasteiger partial charge in [0.25, 0.3) is 0 Å². The molecule has 0 heterocycles. The predicted octanol–water partition coefficient (Wildman–Crippen LogP) is 4.24. The Morgan fingerprint density at radius 1 is 1.05 bits per heavy atom. The molecule has 0 spiro atoms. The van der Waals surface area contributed by atoms with Crippen molar-refractivity contribution in [2.75, 3.05) is 6.54 Å². The lowest BCUT2D eigenvalue weighted by atomic mass is 10.1. The first-order valence-electron chi connectivity index (χ1n) is 6.77. The third-order valence-electron chi connectivity index (χ3n) is 3.11. The first-order chi connectivity index (χ1) is 9.58. The number of hydrogen-bond donors (Lipinski definition) is 1. The molecular formula is C17H20FNS. The number of nitrogens with two attached hydrogens (primary N) is 1. The van der Waals surface area contributed by atoms with E-state index < -0.39 is 0 Å². The quantitative estimate of drug-likeness (QED) is 0.833. The van der Waals surface area contributed by atoms with E-state index in [9.17, 15) is 4.39 Å². The molecule has 0 aromatic heterocycles. The molecule has 0 aliphatic heterocycles. The molecule has 0 unspecified atom stereocenters. The Morgan fingerprint density at radius 3 is 2.40 bits per heavy atom.